The lowest BCUT2D eigenvalue weighted by atomic mass is 9.94. The Balaban J connectivity index is 1.36. The van der Waals surface area contributed by atoms with Gasteiger partial charge >= 0.3 is 0 Å². The van der Waals surface area contributed by atoms with Gasteiger partial charge in [-0.25, -0.2) is 9.37 Å². The normalized spacial score (nSPS) is 16.2. The molecule has 2 heterocycles. The number of halogens is 1. The zero-order chi connectivity index (χ0) is 21.1. The number of hydrogen-bond donors (Lipinski definition) is 0. The molecule has 0 bridgehead atoms. The van der Waals surface area contributed by atoms with Crippen molar-refractivity contribution in [2.45, 2.75) is 25.6 Å². The molecule has 4 rings (SSSR count). The van der Waals surface area contributed by atoms with Crippen LogP contribution in [0.1, 0.15) is 27.5 Å². The topological polar surface area (TPSA) is 58.8 Å². The van der Waals surface area contributed by atoms with Gasteiger partial charge in [0, 0.05) is 26.2 Å². The van der Waals surface area contributed by atoms with E-state index in [1.807, 2.05) is 0 Å². The fraction of sp³-hybridized carbons (Fsp3) is 0.304. The lowest BCUT2D eigenvalue weighted by molar-refractivity contribution is 0.0727. The summed E-state index contributed by atoms with van der Waals surface area (Å²) in [5, 5.41) is 0. The van der Waals surface area contributed by atoms with Crippen molar-refractivity contribution in [3.8, 4) is 5.75 Å². The maximum atomic E-state index is 13.6. The Kier molecular flexibility index (Phi) is 5.81. The number of benzene rings is 2. The molecule has 30 heavy (non-hydrogen) atoms. The molecule has 2 aromatic carbocycles. The number of oxazole rings is 1. The van der Waals surface area contributed by atoms with Gasteiger partial charge in [0.05, 0.1) is 0 Å². The number of fused-ring (bicyclic) bond motifs is 1. The van der Waals surface area contributed by atoms with Crippen molar-refractivity contribution in [3.05, 3.63) is 83.3 Å². The number of carbonyl (C=O) groups excluding carboxylic acids is 1. The van der Waals surface area contributed by atoms with Crippen LogP contribution in [0.3, 0.4) is 0 Å². The van der Waals surface area contributed by atoms with Crippen LogP contribution in [0.5, 0.6) is 5.75 Å². The molecule has 3 aromatic rings. The van der Waals surface area contributed by atoms with Crippen LogP contribution in [0.15, 0.2) is 59.2 Å². The van der Waals surface area contributed by atoms with Gasteiger partial charge in [0.2, 0.25) is 5.89 Å². The highest BCUT2D eigenvalue weighted by Crippen LogP contribution is 2.23. The minimum Gasteiger partial charge on any atom is -0.481 e. The molecule has 0 saturated carbocycles. The summed E-state index contributed by atoms with van der Waals surface area (Å²) < 4.78 is 24.4. The molecule has 0 aliphatic carbocycles. The first-order valence-corrected chi connectivity index (χ1v) is 9.85. The smallest absolute Gasteiger partial charge is 0.275 e. The first-order chi connectivity index (χ1) is 14.5. The first-order valence-electron chi connectivity index (χ1n) is 9.85. The standard InChI is InChI=1S/C23H24FN3O3/c1-26-12-17-8-4-3-7-16(17)11-18(26)13-27(2)23(28)20-14-30-22(25-20)15-29-21-10-6-5-9-19(21)24/h3-10,14,18H,11-13,15H2,1-2H3/t18-/m1/s1. The van der Waals surface area contributed by atoms with Crippen LogP contribution < -0.4 is 4.74 Å². The number of likely N-dealkylation sites (N-methyl/N-ethyl adjacent to an activating group) is 2. The van der Waals surface area contributed by atoms with Gasteiger partial charge in [0.1, 0.15) is 6.26 Å². The average molecular weight is 409 g/mol. The zero-order valence-electron chi connectivity index (χ0n) is 17.0. The minimum absolute atomic E-state index is 0.0555. The number of aromatic nitrogens is 1. The molecule has 0 fully saturated rings. The summed E-state index contributed by atoms with van der Waals surface area (Å²) in [5.41, 5.74) is 2.88. The van der Waals surface area contributed by atoms with Crippen LogP contribution in [-0.4, -0.2) is 47.4 Å². The van der Waals surface area contributed by atoms with E-state index in [0.717, 1.165) is 13.0 Å². The molecule has 1 aromatic heterocycles. The molecule has 0 radical (unpaired) electrons. The van der Waals surface area contributed by atoms with Crippen molar-refractivity contribution in [2.24, 2.45) is 0 Å². The molecular weight excluding hydrogens is 385 g/mol. The minimum atomic E-state index is -0.460. The summed E-state index contributed by atoms with van der Waals surface area (Å²) in [7, 11) is 3.84. The summed E-state index contributed by atoms with van der Waals surface area (Å²) in [6.45, 7) is 1.39. The van der Waals surface area contributed by atoms with E-state index in [1.165, 1.54) is 29.5 Å². The van der Waals surface area contributed by atoms with E-state index in [9.17, 15) is 9.18 Å². The van der Waals surface area contributed by atoms with Crippen molar-refractivity contribution in [1.82, 2.24) is 14.8 Å². The van der Waals surface area contributed by atoms with Crippen molar-refractivity contribution >= 4 is 5.91 Å². The number of carbonyl (C=O) groups is 1. The monoisotopic (exact) mass is 409 g/mol. The molecule has 1 amide bonds. The number of nitrogens with zero attached hydrogens (tertiary/aromatic N) is 3. The molecule has 0 N–H and O–H groups in total. The highest BCUT2D eigenvalue weighted by Gasteiger charge is 2.26. The van der Waals surface area contributed by atoms with Gasteiger partial charge in [-0.2, -0.15) is 0 Å². The molecule has 0 spiro atoms. The van der Waals surface area contributed by atoms with Crippen molar-refractivity contribution in [2.75, 3.05) is 20.6 Å². The van der Waals surface area contributed by atoms with Crippen LogP contribution in [-0.2, 0) is 19.6 Å². The maximum Gasteiger partial charge on any atom is 0.275 e. The molecule has 1 atom stereocenters. The number of ether oxygens (including phenoxy) is 1. The summed E-state index contributed by atoms with van der Waals surface area (Å²) in [4.78, 5) is 20.9. The second kappa shape index (κ2) is 8.67. The number of rotatable bonds is 6. The zero-order valence-corrected chi connectivity index (χ0v) is 17.0. The summed E-state index contributed by atoms with van der Waals surface area (Å²) in [6, 6.07) is 14.7. The summed E-state index contributed by atoms with van der Waals surface area (Å²) in [5.74, 6) is -0.346. The molecule has 156 valence electrons. The van der Waals surface area contributed by atoms with Gasteiger partial charge in [-0.3, -0.25) is 9.69 Å². The van der Waals surface area contributed by atoms with Crippen LogP contribution in [0.2, 0.25) is 0 Å². The van der Waals surface area contributed by atoms with E-state index in [4.69, 9.17) is 9.15 Å². The second-order valence-corrected chi connectivity index (χ2v) is 7.57. The van der Waals surface area contributed by atoms with Crippen molar-refractivity contribution < 1.29 is 18.3 Å². The molecule has 1 aliphatic heterocycles. The Morgan fingerprint density at radius 3 is 2.77 bits per heavy atom. The van der Waals surface area contributed by atoms with E-state index >= 15 is 0 Å². The van der Waals surface area contributed by atoms with Gasteiger partial charge in [-0.05, 0) is 36.7 Å². The highest BCUT2D eigenvalue weighted by molar-refractivity contribution is 5.91. The number of para-hydroxylation sites is 1. The van der Waals surface area contributed by atoms with E-state index in [0.29, 0.717) is 6.54 Å². The number of hydrogen-bond acceptors (Lipinski definition) is 5. The molecule has 0 saturated heterocycles. The summed E-state index contributed by atoms with van der Waals surface area (Å²) >= 11 is 0. The third-order valence-electron chi connectivity index (χ3n) is 5.41. The third kappa shape index (κ3) is 4.36. The van der Waals surface area contributed by atoms with E-state index < -0.39 is 5.82 Å². The predicted molar refractivity (Wildman–Crippen MR) is 110 cm³/mol. The Morgan fingerprint density at radius 2 is 1.97 bits per heavy atom. The van der Waals surface area contributed by atoms with Crippen LogP contribution in [0.25, 0.3) is 0 Å². The van der Waals surface area contributed by atoms with Crippen LogP contribution in [0.4, 0.5) is 4.39 Å². The Hall–Kier alpha value is -3.19. The third-order valence-corrected chi connectivity index (χ3v) is 5.41. The highest BCUT2D eigenvalue weighted by atomic mass is 19.1. The van der Waals surface area contributed by atoms with Crippen LogP contribution >= 0.6 is 0 Å². The fourth-order valence-corrected chi connectivity index (χ4v) is 3.69. The summed E-state index contributed by atoms with van der Waals surface area (Å²) in [6.07, 6.45) is 2.21. The molecule has 0 unspecified atom stereocenters. The van der Waals surface area contributed by atoms with E-state index in [1.54, 1.807) is 24.1 Å². The van der Waals surface area contributed by atoms with E-state index in [-0.39, 0.29) is 35.9 Å². The fourth-order valence-electron chi connectivity index (χ4n) is 3.69. The quantitative estimate of drug-likeness (QED) is 0.624. The van der Waals surface area contributed by atoms with Crippen molar-refractivity contribution in [1.29, 1.82) is 0 Å². The number of amides is 1. The molecule has 6 nitrogen and oxygen atoms in total. The lowest BCUT2D eigenvalue weighted by Gasteiger charge is -2.36. The van der Waals surface area contributed by atoms with Gasteiger partial charge < -0.3 is 14.1 Å². The Labute approximate surface area is 174 Å². The molecular formula is C23H24FN3O3. The van der Waals surface area contributed by atoms with Crippen molar-refractivity contribution in [3.63, 3.8) is 0 Å². The predicted octanol–water partition coefficient (Wildman–Crippen LogP) is 3.52. The SMILES string of the molecule is CN(C[C@H]1Cc2ccccc2CN1C)C(=O)c1coc(COc2ccccc2F)n1. The van der Waals surface area contributed by atoms with E-state index in [2.05, 4.69) is 41.2 Å². The van der Waals surface area contributed by atoms with Gasteiger partial charge in [0.25, 0.3) is 5.91 Å². The molecule has 7 heteroatoms. The van der Waals surface area contributed by atoms with Crippen LogP contribution in [0, 0.1) is 5.82 Å². The average Bonchev–Trinajstić information content (AvgIpc) is 3.22. The Bertz CT molecular complexity index is 1040. The maximum absolute atomic E-state index is 13.6. The Morgan fingerprint density at radius 1 is 1.23 bits per heavy atom. The second-order valence-electron chi connectivity index (χ2n) is 7.57. The lowest BCUT2D eigenvalue weighted by Crippen LogP contribution is -2.46. The first kappa shape index (κ1) is 20.1. The van der Waals surface area contributed by atoms with Gasteiger partial charge in [0.15, 0.2) is 23.9 Å². The molecule has 1 aliphatic rings. The largest absolute Gasteiger partial charge is 0.481 e. The van der Waals surface area contributed by atoms with Gasteiger partial charge in [-0.15, -0.1) is 0 Å². The van der Waals surface area contributed by atoms with Gasteiger partial charge in [-0.1, -0.05) is 36.4 Å².